The predicted octanol–water partition coefficient (Wildman–Crippen LogP) is 8.67. The van der Waals surface area contributed by atoms with E-state index in [2.05, 4.69) is 63.6 Å². The van der Waals surface area contributed by atoms with E-state index in [1.807, 2.05) is 18.2 Å². The van der Waals surface area contributed by atoms with Crippen molar-refractivity contribution in [3.8, 4) is 39.4 Å². The van der Waals surface area contributed by atoms with Crippen molar-refractivity contribution in [2.75, 3.05) is 7.11 Å². The molecule has 0 aliphatic carbocycles. The number of benzene rings is 2. The van der Waals surface area contributed by atoms with Crippen LogP contribution in [0.25, 0.3) is 33.6 Å². The first-order chi connectivity index (χ1) is 17.3. The minimum atomic E-state index is -0.406. The summed E-state index contributed by atoms with van der Waals surface area (Å²) in [6, 6.07) is 14.9. The second-order valence-electron chi connectivity index (χ2n) is 11.5. The van der Waals surface area contributed by atoms with Crippen LogP contribution < -0.4 is 4.74 Å². The number of hydrogen-bond donors (Lipinski definition) is 0. The highest BCUT2D eigenvalue weighted by atomic mass is 19.1. The number of methoxy groups -OCH3 is 1. The Hall–Kier alpha value is -3.60. The van der Waals surface area contributed by atoms with Crippen molar-refractivity contribution < 1.29 is 13.5 Å². The molecule has 0 saturated carbocycles. The van der Waals surface area contributed by atoms with Crippen LogP contribution in [0.5, 0.6) is 5.75 Å². The summed E-state index contributed by atoms with van der Waals surface area (Å²) in [5, 5.41) is 0. The lowest BCUT2D eigenvalue weighted by molar-refractivity contribution is 0.398. The quantitative estimate of drug-likeness (QED) is 0.281. The predicted molar refractivity (Wildman–Crippen MR) is 147 cm³/mol. The lowest BCUT2D eigenvalue weighted by Crippen LogP contribution is -2.14. The molecule has 192 valence electrons. The topological polar surface area (TPSA) is 35.0 Å². The van der Waals surface area contributed by atoms with Crippen molar-refractivity contribution >= 4 is 0 Å². The molecule has 2 heterocycles. The van der Waals surface area contributed by atoms with Crippen molar-refractivity contribution in [3.05, 3.63) is 89.2 Å². The summed E-state index contributed by atoms with van der Waals surface area (Å²) in [6.07, 6.45) is 2.85. The van der Waals surface area contributed by atoms with E-state index in [1.54, 1.807) is 32.4 Å². The Morgan fingerprint density at radius 3 is 2.05 bits per heavy atom. The molecule has 2 aromatic heterocycles. The van der Waals surface area contributed by atoms with Gasteiger partial charge in [-0.05, 0) is 76.4 Å². The SMILES string of the molecule is COc1cc(-c2ccc(C(C)(C)C)cc2-c2nccc(C)c2F)c(-c2ccc(F)cn2)cc1C(C)(C)C. The summed E-state index contributed by atoms with van der Waals surface area (Å²) in [6.45, 7) is 14.5. The zero-order valence-corrected chi connectivity index (χ0v) is 22.8. The van der Waals surface area contributed by atoms with Crippen LogP contribution in [0.1, 0.15) is 58.2 Å². The first-order valence-corrected chi connectivity index (χ1v) is 12.4. The zero-order chi connectivity index (χ0) is 27.1. The molecule has 0 bridgehead atoms. The lowest BCUT2D eigenvalue weighted by atomic mass is 9.80. The fraction of sp³-hybridized carbons (Fsp3) is 0.312. The normalized spacial score (nSPS) is 12.1. The van der Waals surface area contributed by atoms with Gasteiger partial charge < -0.3 is 4.74 Å². The van der Waals surface area contributed by atoms with E-state index in [9.17, 15) is 4.39 Å². The minimum absolute atomic E-state index is 0.150. The molecule has 0 aliphatic heterocycles. The fourth-order valence-corrected chi connectivity index (χ4v) is 4.47. The van der Waals surface area contributed by atoms with Gasteiger partial charge in [-0.1, -0.05) is 53.7 Å². The average Bonchev–Trinajstić information content (AvgIpc) is 2.84. The maximum atomic E-state index is 15.5. The van der Waals surface area contributed by atoms with Gasteiger partial charge in [-0.15, -0.1) is 0 Å². The van der Waals surface area contributed by atoms with Crippen molar-refractivity contribution in [2.45, 2.75) is 59.3 Å². The number of nitrogens with zero attached hydrogens (tertiary/aromatic N) is 2. The Balaban J connectivity index is 2.12. The van der Waals surface area contributed by atoms with E-state index >= 15 is 4.39 Å². The molecular formula is C32H34F2N2O. The van der Waals surface area contributed by atoms with Gasteiger partial charge >= 0.3 is 0 Å². The molecule has 0 atom stereocenters. The summed E-state index contributed by atoms with van der Waals surface area (Å²) in [5.41, 5.74) is 6.22. The van der Waals surface area contributed by atoms with Crippen LogP contribution in [0.4, 0.5) is 8.78 Å². The number of ether oxygens (including phenoxy) is 1. The molecule has 5 heteroatoms. The fourth-order valence-electron chi connectivity index (χ4n) is 4.47. The molecule has 0 aliphatic rings. The molecule has 4 rings (SSSR count). The van der Waals surface area contributed by atoms with Crippen molar-refractivity contribution in [3.63, 3.8) is 0 Å². The molecule has 0 spiro atoms. The van der Waals surface area contributed by atoms with Gasteiger partial charge in [0, 0.05) is 22.9 Å². The molecule has 3 nitrogen and oxygen atoms in total. The van der Waals surface area contributed by atoms with Gasteiger partial charge in [0.25, 0.3) is 0 Å². The number of pyridine rings is 2. The van der Waals surface area contributed by atoms with Crippen LogP contribution in [0, 0.1) is 18.6 Å². The third-order valence-corrected chi connectivity index (χ3v) is 6.66. The van der Waals surface area contributed by atoms with Gasteiger partial charge in [0.1, 0.15) is 17.3 Å². The first-order valence-electron chi connectivity index (χ1n) is 12.4. The van der Waals surface area contributed by atoms with E-state index in [-0.39, 0.29) is 22.3 Å². The van der Waals surface area contributed by atoms with Gasteiger partial charge in [-0.2, -0.15) is 0 Å². The molecule has 0 radical (unpaired) electrons. The van der Waals surface area contributed by atoms with Crippen molar-refractivity contribution in [1.29, 1.82) is 0 Å². The number of aryl methyl sites for hydroxylation is 1. The van der Waals surface area contributed by atoms with Gasteiger partial charge in [-0.3, -0.25) is 9.97 Å². The highest BCUT2D eigenvalue weighted by Gasteiger charge is 2.26. The van der Waals surface area contributed by atoms with Crippen LogP contribution in [0.3, 0.4) is 0 Å². The third kappa shape index (κ3) is 5.27. The summed E-state index contributed by atoms with van der Waals surface area (Å²) in [4.78, 5) is 8.86. The maximum absolute atomic E-state index is 15.5. The highest BCUT2D eigenvalue weighted by Crippen LogP contribution is 2.45. The van der Waals surface area contributed by atoms with E-state index < -0.39 is 5.82 Å². The van der Waals surface area contributed by atoms with Crippen LogP contribution in [-0.2, 0) is 10.8 Å². The monoisotopic (exact) mass is 500 g/mol. The maximum Gasteiger partial charge on any atom is 0.152 e. The Morgan fingerprint density at radius 2 is 1.46 bits per heavy atom. The van der Waals surface area contributed by atoms with Crippen LogP contribution in [0.15, 0.2) is 60.9 Å². The second-order valence-corrected chi connectivity index (χ2v) is 11.5. The third-order valence-electron chi connectivity index (χ3n) is 6.66. The average molecular weight is 501 g/mol. The smallest absolute Gasteiger partial charge is 0.152 e. The standard InChI is InChI=1S/C32H34F2N2O/c1-19-13-14-35-30(29(19)34)25-15-20(31(2,3)4)9-11-22(25)23-17-28(37-8)26(32(5,6)7)16-24(23)27-12-10-21(33)18-36-27/h9-18H,1-8H3. The molecule has 0 amide bonds. The Labute approximate surface area is 218 Å². The zero-order valence-electron chi connectivity index (χ0n) is 22.8. The summed E-state index contributed by atoms with van der Waals surface area (Å²) in [7, 11) is 1.65. The molecule has 0 saturated heterocycles. The minimum Gasteiger partial charge on any atom is -0.496 e. The van der Waals surface area contributed by atoms with Crippen LogP contribution in [0.2, 0.25) is 0 Å². The summed E-state index contributed by atoms with van der Waals surface area (Å²) in [5.74, 6) is -0.0393. The first kappa shape index (κ1) is 26.5. The Morgan fingerprint density at radius 1 is 0.730 bits per heavy atom. The summed E-state index contributed by atoms with van der Waals surface area (Å²) >= 11 is 0. The van der Waals surface area contributed by atoms with E-state index in [0.717, 1.165) is 33.6 Å². The van der Waals surface area contributed by atoms with Crippen LogP contribution >= 0.6 is 0 Å². The van der Waals surface area contributed by atoms with Crippen LogP contribution in [-0.4, -0.2) is 17.1 Å². The summed E-state index contributed by atoms with van der Waals surface area (Å²) < 4.78 is 35.1. The largest absolute Gasteiger partial charge is 0.496 e. The molecule has 37 heavy (non-hydrogen) atoms. The molecule has 0 unspecified atom stereocenters. The molecule has 0 fully saturated rings. The van der Waals surface area contributed by atoms with E-state index in [4.69, 9.17) is 4.74 Å². The molecule has 0 N–H and O–H groups in total. The molecular weight excluding hydrogens is 466 g/mol. The Bertz CT molecular complexity index is 1450. The molecule has 2 aromatic carbocycles. The van der Waals surface area contributed by atoms with Gasteiger partial charge in [0.15, 0.2) is 5.82 Å². The van der Waals surface area contributed by atoms with E-state index in [1.165, 1.54) is 12.3 Å². The highest BCUT2D eigenvalue weighted by molar-refractivity contribution is 5.92. The van der Waals surface area contributed by atoms with Crippen molar-refractivity contribution in [1.82, 2.24) is 9.97 Å². The second kappa shape index (κ2) is 9.70. The number of rotatable bonds is 4. The Kier molecular flexibility index (Phi) is 6.93. The number of hydrogen-bond acceptors (Lipinski definition) is 3. The van der Waals surface area contributed by atoms with E-state index in [0.29, 0.717) is 16.8 Å². The number of halogens is 2. The van der Waals surface area contributed by atoms with Gasteiger partial charge in [-0.25, -0.2) is 8.78 Å². The van der Waals surface area contributed by atoms with Gasteiger partial charge in [0.05, 0.1) is 19.0 Å². The number of aromatic nitrogens is 2. The van der Waals surface area contributed by atoms with Crippen molar-refractivity contribution in [2.24, 2.45) is 0 Å². The van der Waals surface area contributed by atoms with Gasteiger partial charge in [0.2, 0.25) is 0 Å². The molecule has 4 aromatic rings. The lowest BCUT2D eigenvalue weighted by Gasteiger charge is -2.26.